The number of morpholine rings is 2. The quantitative estimate of drug-likeness (QED) is 0.228. The van der Waals surface area contributed by atoms with Crippen molar-refractivity contribution >= 4 is 7.92 Å². The molecule has 0 spiro atoms. The molecule has 5 heterocycles. The van der Waals surface area contributed by atoms with Crippen molar-refractivity contribution in [2.75, 3.05) is 0 Å². The first-order valence-electron chi connectivity index (χ1n) is 24.2. The van der Waals surface area contributed by atoms with Gasteiger partial charge in [0.1, 0.15) is 0 Å². The maximum absolute atomic E-state index is 7.91. The van der Waals surface area contributed by atoms with Gasteiger partial charge in [-0.15, -0.1) is 0 Å². The van der Waals surface area contributed by atoms with E-state index in [4.69, 9.17) is 14.2 Å². The van der Waals surface area contributed by atoms with E-state index in [9.17, 15) is 0 Å². The van der Waals surface area contributed by atoms with Crippen LogP contribution in [0, 0.1) is 56.7 Å². The van der Waals surface area contributed by atoms with Crippen molar-refractivity contribution in [3.8, 4) is 0 Å². The largest absolute Gasteiger partial charge is 0.374 e. The van der Waals surface area contributed by atoms with Crippen molar-refractivity contribution in [2.24, 2.45) is 56.7 Å². The smallest absolute Gasteiger partial charge is 0.0776 e. The van der Waals surface area contributed by atoms with Crippen LogP contribution in [0.3, 0.4) is 0 Å². The summed E-state index contributed by atoms with van der Waals surface area (Å²) in [5, 5.41) is 0. The van der Waals surface area contributed by atoms with E-state index in [1.807, 2.05) is 0 Å². The number of ether oxygens (including phenoxy) is 3. The number of rotatable bonds is 0. The molecule has 5 aliphatic heterocycles. The van der Waals surface area contributed by atoms with E-state index in [1.165, 1.54) is 64.2 Å². The molecule has 10 rings (SSSR count). The minimum absolute atomic E-state index is 0.187. The van der Waals surface area contributed by atoms with Crippen LogP contribution < -0.4 is 0 Å². The molecule has 0 bridgehead atoms. The average molecular weight is 793 g/mol. The zero-order valence-electron chi connectivity index (χ0n) is 38.7. The Morgan fingerprint density at radius 2 is 0.768 bits per heavy atom. The highest BCUT2D eigenvalue weighted by atomic mass is 31.1. The molecule has 5 nitrogen and oxygen atoms in total. The van der Waals surface area contributed by atoms with E-state index in [-0.39, 0.29) is 18.8 Å². The molecule has 0 aromatic rings. The average Bonchev–Trinajstić information content (AvgIpc) is 3.08. The van der Waals surface area contributed by atoms with E-state index in [2.05, 4.69) is 114 Å². The molecule has 10 fully saturated rings. The second kappa shape index (κ2) is 12.9. The fourth-order valence-corrected chi connectivity index (χ4v) is 21.4. The van der Waals surface area contributed by atoms with Crippen LogP contribution in [-0.2, 0) is 14.2 Å². The van der Waals surface area contributed by atoms with Gasteiger partial charge in [-0.2, -0.15) is 0 Å². The van der Waals surface area contributed by atoms with Crippen LogP contribution in [0.4, 0.5) is 0 Å². The molecule has 318 valence electrons. The normalized spacial score (nSPS) is 53.1. The third-order valence-electron chi connectivity index (χ3n) is 19.4. The first kappa shape index (κ1) is 40.3. The molecule has 0 aromatic heterocycles. The van der Waals surface area contributed by atoms with Crippen LogP contribution in [0.15, 0.2) is 0 Å². The topological polar surface area (TPSA) is 34.2 Å². The maximum Gasteiger partial charge on any atom is 0.0776 e. The summed E-state index contributed by atoms with van der Waals surface area (Å²) in [5.41, 5.74) is 3.45. The van der Waals surface area contributed by atoms with Gasteiger partial charge >= 0.3 is 0 Å². The van der Waals surface area contributed by atoms with Crippen LogP contribution in [0.5, 0.6) is 0 Å². The van der Waals surface area contributed by atoms with Gasteiger partial charge in [0.2, 0.25) is 0 Å². The Morgan fingerprint density at radius 1 is 0.375 bits per heavy atom. The molecule has 18 unspecified atom stereocenters. The monoisotopic (exact) mass is 793 g/mol. The lowest BCUT2D eigenvalue weighted by Gasteiger charge is -2.78. The molecule has 0 N–H and O–H groups in total. The molecule has 6 heteroatoms. The Kier molecular flexibility index (Phi) is 9.28. The van der Waals surface area contributed by atoms with Gasteiger partial charge in [0.05, 0.1) is 36.6 Å². The zero-order chi connectivity index (χ0) is 40.0. The van der Waals surface area contributed by atoms with Gasteiger partial charge in [-0.05, 0) is 121 Å². The van der Waals surface area contributed by atoms with E-state index in [0.717, 1.165) is 23.4 Å². The fourth-order valence-electron chi connectivity index (χ4n) is 16.4. The van der Waals surface area contributed by atoms with E-state index < -0.39 is 0 Å². The summed E-state index contributed by atoms with van der Waals surface area (Å²) in [5.74, 6) is 3.28. The minimum atomic E-state index is -0.271. The Bertz CT molecular complexity index is 1410. The molecule has 10 aliphatic rings. The third kappa shape index (κ3) is 5.99. The van der Waals surface area contributed by atoms with Gasteiger partial charge in [0.15, 0.2) is 0 Å². The number of hydrogen-bond donors (Lipinski definition) is 0. The van der Waals surface area contributed by atoms with Crippen molar-refractivity contribution in [3.05, 3.63) is 0 Å². The predicted octanol–water partition coefficient (Wildman–Crippen LogP) is 11.0. The van der Waals surface area contributed by atoms with Crippen molar-refractivity contribution in [1.29, 1.82) is 0 Å². The van der Waals surface area contributed by atoms with E-state index in [0.29, 0.717) is 112 Å². The second-order valence-corrected chi connectivity index (χ2v) is 29.9. The maximum atomic E-state index is 7.91. The van der Waals surface area contributed by atoms with Crippen molar-refractivity contribution in [2.45, 2.75) is 258 Å². The summed E-state index contributed by atoms with van der Waals surface area (Å²) < 4.78 is 23.6. The molecule has 0 aromatic carbocycles. The van der Waals surface area contributed by atoms with Crippen molar-refractivity contribution < 1.29 is 14.2 Å². The molecule has 0 amide bonds. The van der Waals surface area contributed by atoms with Gasteiger partial charge in [-0.1, -0.05) is 112 Å². The summed E-state index contributed by atoms with van der Waals surface area (Å²) in [6, 6.07) is 3.53. The summed E-state index contributed by atoms with van der Waals surface area (Å²) in [4.78, 5) is 6.69. The van der Waals surface area contributed by atoms with Crippen LogP contribution in [0.1, 0.15) is 168 Å². The third-order valence-corrected chi connectivity index (χ3v) is 23.5. The molecule has 56 heavy (non-hydrogen) atoms. The van der Waals surface area contributed by atoms with E-state index >= 15 is 0 Å². The van der Waals surface area contributed by atoms with Gasteiger partial charge in [0, 0.05) is 53.2 Å². The standard InChI is InChI=1S/C50H85N2O3P/c1-46(2,3)26-16-18-31-35(22-26)54-41-29(49(10,11)12)24-37-44-39(41)51(31)33-20-28(48(7,8)9)21-34-43(33)56(44)45-38(53-37)25-30(50(13,14)15)42-40(45)52(34)32-19-17-27(47(4,5)6)23-36(32)55-42/h26-45H,16-25H2,1-15H3. The molecular weight excluding hydrogens is 708 g/mol. The van der Waals surface area contributed by atoms with Crippen LogP contribution in [-0.4, -0.2) is 99.7 Å². The van der Waals surface area contributed by atoms with Gasteiger partial charge in [0.25, 0.3) is 0 Å². The SMILES string of the molecule is CC(C)(C)C1CCC2C(C1)OC1C3C4C(CC1C(C)(C)C)OC1CC(C(C)(C)C)C5OC6CC(C(C)(C)C)CCC6N6C7CC(C(C)(C)C)CC(C7P4C1C56)N23. The van der Waals surface area contributed by atoms with Gasteiger partial charge in [-0.25, -0.2) is 0 Å². The number of fused-ring (bicyclic) bond motifs is 6. The molecule has 0 radical (unpaired) electrons. The van der Waals surface area contributed by atoms with Crippen LogP contribution in [0.2, 0.25) is 0 Å². The highest BCUT2D eigenvalue weighted by Gasteiger charge is 2.75. The predicted molar refractivity (Wildman–Crippen MR) is 232 cm³/mol. The lowest BCUT2D eigenvalue weighted by atomic mass is 9.61. The van der Waals surface area contributed by atoms with Crippen molar-refractivity contribution in [3.63, 3.8) is 0 Å². The fraction of sp³-hybridized carbons (Fsp3) is 1.00. The van der Waals surface area contributed by atoms with E-state index in [1.54, 1.807) is 0 Å². The molecule has 5 saturated carbocycles. The summed E-state index contributed by atoms with van der Waals surface area (Å²) in [6.45, 7) is 38.0. The lowest BCUT2D eigenvalue weighted by molar-refractivity contribution is -0.276. The van der Waals surface area contributed by atoms with Crippen molar-refractivity contribution in [1.82, 2.24) is 9.80 Å². The number of nitrogens with zero attached hydrogens (tertiary/aromatic N) is 2. The molecular formula is C50H85N2O3P. The second-order valence-electron chi connectivity index (χ2n) is 27.3. The summed E-state index contributed by atoms with van der Waals surface area (Å²) in [7, 11) is -0.271. The Morgan fingerprint density at radius 3 is 1.12 bits per heavy atom. The highest BCUT2D eigenvalue weighted by Crippen LogP contribution is 2.76. The Hall–Kier alpha value is 0.230. The molecule has 5 aliphatic carbocycles. The Balaban J connectivity index is 1.14. The summed E-state index contributed by atoms with van der Waals surface area (Å²) >= 11 is 0. The Labute approximate surface area is 345 Å². The van der Waals surface area contributed by atoms with Crippen LogP contribution in [0.25, 0.3) is 0 Å². The first-order valence-corrected chi connectivity index (χ1v) is 25.8. The lowest BCUT2D eigenvalue weighted by Crippen LogP contribution is -2.86. The summed E-state index contributed by atoms with van der Waals surface area (Å²) in [6.07, 6.45) is 15.2. The minimum Gasteiger partial charge on any atom is -0.374 e. The zero-order valence-corrected chi connectivity index (χ0v) is 39.6. The van der Waals surface area contributed by atoms with Crippen LogP contribution >= 0.6 is 7.92 Å². The van der Waals surface area contributed by atoms with Gasteiger partial charge < -0.3 is 14.2 Å². The highest BCUT2D eigenvalue weighted by molar-refractivity contribution is 7.60. The number of hydrogen-bond acceptors (Lipinski definition) is 5. The molecule has 5 saturated heterocycles. The first-order chi connectivity index (χ1) is 25.9. The van der Waals surface area contributed by atoms with Gasteiger partial charge in [-0.3, -0.25) is 9.80 Å². The molecule has 18 atom stereocenters.